The Labute approximate surface area is 203 Å². The standard InChI is InChI=1S/C26H36N2O4.ClH/c1-3-18(2)28-25(30)17-32-23-13-12-19-8-7-9-20(26(27)24(19)15-23)14-21(29)16-31-22-10-5-4-6-11-22;/h4-6,10-13,15,18,20-21,26,29H,3,7-9,14,16-17,27H2,1-2H3,(H,28,30);1H/t18?,20?,21-,26?;/m0./s1. The molecular formula is C26H37ClN2O4. The Morgan fingerprint density at radius 2 is 1.94 bits per heavy atom. The van der Waals surface area contributed by atoms with Crippen LogP contribution in [0.2, 0.25) is 0 Å². The van der Waals surface area contributed by atoms with E-state index in [2.05, 4.69) is 11.4 Å². The molecule has 0 fully saturated rings. The number of amides is 1. The summed E-state index contributed by atoms with van der Waals surface area (Å²) in [6.07, 6.45) is 3.79. The molecule has 6 nitrogen and oxygen atoms in total. The Morgan fingerprint density at radius 3 is 2.67 bits per heavy atom. The molecule has 0 saturated heterocycles. The number of nitrogens with two attached hydrogens (primary N) is 1. The third-order valence-electron chi connectivity index (χ3n) is 6.16. The highest BCUT2D eigenvalue weighted by atomic mass is 35.5. The number of carbonyl (C=O) groups excluding carboxylic acids is 1. The maximum Gasteiger partial charge on any atom is 0.258 e. The monoisotopic (exact) mass is 476 g/mol. The van der Waals surface area contributed by atoms with E-state index >= 15 is 0 Å². The van der Waals surface area contributed by atoms with Gasteiger partial charge in [0, 0.05) is 12.1 Å². The van der Waals surface area contributed by atoms with Crippen LogP contribution in [-0.4, -0.2) is 36.4 Å². The van der Waals surface area contributed by atoms with E-state index in [1.807, 2.05) is 56.3 Å². The van der Waals surface area contributed by atoms with Crippen molar-refractivity contribution in [3.05, 3.63) is 59.7 Å². The molecule has 0 spiro atoms. The number of hydrogen-bond acceptors (Lipinski definition) is 5. The molecule has 4 atom stereocenters. The molecule has 2 aromatic carbocycles. The molecule has 182 valence electrons. The third-order valence-corrected chi connectivity index (χ3v) is 6.16. The Hall–Kier alpha value is -2.28. The number of aliphatic hydroxyl groups excluding tert-OH is 1. The van der Waals surface area contributed by atoms with Crippen LogP contribution in [0, 0.1) is 5.92 Å². The summed E-state index contributed by atoms with van der Waals surface area (Å²) >= 11 is 0. The molecule has 4 N–H and O–H groups in total. The number of hydrogen-bond donors (Lipinski definition) is 3. The number of aryl methyl sites for hydroxylation is 1. The summed E-state index contributed by atoms with van der Waals surface area (Å²) in [5.74, 6) is 1.42. The van der Waals surface area contributed by atoms with E-state index in [-0.39, 0.29) is 49.5 Å². The average Bonchev–Trinajstić information content (AvgIpc) is 2.95. The number of rotatable bonds is 10. The van der Waals surface area contributed by atoms with E-state index in [1.165, 1.54) is 5.56 Å². The molecule has 2 aromatic rings. The van der Waals surface area contributed by atoms with Crippen LogP contribution >= 0.6 is 12.4 Å². The Morgan fingerprint density at radius 1 is 1.18 bits per heavy atom. The lowest BCUT2D eigenvalue weighted by Crippen LogP contribution is -2.35. The highest BCUT2D eigenvalue weighted by Gasteiger charge is 2.27. The van der Waals surface area contributed by atoms with Gasteiger partial charge in [-0.3, -0.25) is 4.79 Å². The number of carbonyl (C=O) groups is 1. The predicted octanol–water partition coefficient (Wildman–Crippen LogP) is 4.18. The van der Waals surface area contributed by atoms with Crippen molar-refractivity contribution in [2.45, 2.75) is 64.1 Å². The fraction of sp³-hybridized carbons (Fsp3) is 0.500. The number of para-hydroxylation sites is 1. The first-order valence-corrected chi connectivity index (χ1v) is 11.6. The van der Waals surface area contributed by atoms with Crippen molar-refractivity contribution in [2.75, 3.05) is 13.2 Å². The van der Waals surface area contributed by atoms with Gasteiger partial charge in [-0.1, -0.05) is 31.2 Å². The molecule has 1 amide bonds. The SMILES string of the molecule is CCC(C)NC(=O)COc1ccc2c(c1)C(N)C(C[C@H](O)COc1ccccc1)CCC2.Cl. The lowest BCUT2D eigenvalue weighted by Gasteiger charge is -2.25. The molecule has 0 saturated carbocycles. The van der Waals surface area contributed by atoms with Crippen molar-refractivity contribution in [1.29, 1.82) is 0 Å². The van der Waals surface area contributed by atoms with E-state index in [9.17, 15) is 9.90 Å². The number of nitrogens with one attached hydrogen (secondary N) is 1. The van der Waals surface area contributed by atoms with E-state index < -0.39 is 6.10 Å². The number of halogens is 1. The van der Waals surface area contributed by atoms with E-state index in [1.54, 1.807) is 0 Å². The third kappa shape index (κ3) is 8.22. The van der Waals surface area contributed by atoms with Gasteiger partial charge in [0.25, 0.3) is 5.91 Å². The van der Waals surface area contributed by atoms with Crippen molar-refractivity contribution in [2.24, 2.45) is 11.7 Å². The summed E-state index contributed by atoms with van der Waals surface area (Å²) < 4.78 is 11.4. The normalized spacial score (nSPS) is 19.3. The Bertz CT molecular complexity index is 865. The van der Waals surface area contributed by atoms with Gasteiger partial charge in [-0.2, -0.15) is 0 Å². The minimum absolute atomic E-state index is 0. The summed E-state index contributed by atoms with van der Waals surface area (Å²) in [5.41, 5.74) is 8.93. The lowest BCUT2D eigenvalue weighted by molar-refractivity contribution is -0.123. The number of benzene rings is 2. The lowest BCUT2D eigenvalue weighted by atomic mass is 9.87. The van der Waals surface area contributed by atoms with Gasteiger partial charge in [0.1, 0.15) is 18.1 Å². The van der Waals surface area contributed by atoms with Crippen LogP contribution in [-0.2, 0) is 11.2 Å². The maximum atomic E-state index is 12.0. The minimum Gasteiger partial charge on any atom is -0.491 e. The predicted molar refractivity (Wildman–Crippen MR) is 133 cm³/mol. The summed E-state index contributed by atoms with van der Waals surface area (Å²) in [4.78, 5) is 12.0. The molecule has 0 aliphatic heterocycles. The highest BCUT2D eigenvalue weighted by Crippen LogP contribution is 2.36. The molecule has 3 rings (SSSR count). The van der Waals surface area contributed by atoms with Crippen LogP contribution in [0.15, 0.2) is 48.5 Å². The summed E-state index contributed by atoms with van der Waals surface area (Å²) in [6, 6.07) is 15.4. The van der Waals surface area contributed by atoms with Gasteiger partial charge in [-0.15, -0.1) is 12.4 Å². The largest absolute Gasteiger partial charge is 0.491 e. The van der Waals surface area contributed by atoms with Crippen molar-refractivity contribution >= 4 is 18.3 Å². The zero-order chi connectivity index (χ0) is 22.9. The summed E-state index contributed by atoms with van der Waals surface area (Å²) in [6.45, 7) is 4.23. The van der Waals surface area contributed by atoms with Gasteiger partial charge in [0.2, 0.25) is 0 Å². The second kappa shape index (κ2) is 13.4. The maximum absolute atomic E-state index is 12.0. The molecule has 0 aromatic heterocycles. The first-order valence-electron chi connectivity index (χ1n) is 11.6. The summed E-state index contributed by atoms with van der Waals surface area (Å²) in [5, 5.41) is 13.5. The van der Waals surface area contributed by atoms with Crippen molar-refractivity contribution in [3.8, 4) is 11.5 Å². The fourth-order valence-corrected chi connectivity index (χ4v) is 4.15. The van der Waals surface area contributed by atoms with Crippen molar-refractivity contribution < 1.29 is 19.4 Å². The van der Waals surface area contributed by atoms with Gasteiger partial charge in [-0.25, -0.2) is 0 Å². The van der Waals surface area contributed by atoms with Crippen LogP contribution < -0.4 is 20.5 Å². The first-order chi connectivity index (χ1) is 15.5. The van der Waals surface area contributed by atoms with Crippen LogP contribution in [0.3, 0.4) is 0 Å². The molecular weight excluding hydrogens is 440 g/mol. The second-order valence-electron chi connectivity index (χ2n) is 8.72. The smallest absolute Gasteiger partial charge is 0.258 e. The second-order valence-corrected chi connectivity index (χ2v) is 8.72. The number of aliphatic hydroxyl groups is 1. The molecule has 33 heavy (non-hydrogen) atoms. The molecule has 0 heterocycles. The zero-order valence-electron chi connectivity index (χ0n) is 19.5. The van der Waals surface area contributed by atoms with Gasteiger partial charge in [0.05, 0.1) is 6.10 Å². The molecule has 7 heteroatoms. The van der Waals surface area contributed by atoms with Gasteiger partial charge in [0.15, 0.2) is 6.61 Å². The minimum atomic E-state index is -0.587. The Kier molecular flexibility index (Phi) is 11.0. The van der Waals surface area contributed by atoms with Crippen LogP contribution in [0.25, 0.3) is 0 Å². The van der Waals surface area contributed by atoms with E-state index in [0.29, 0.717) is 12.2 Å². The number of fused-ring (bicyclic) bond motifs is 1. The highest BCUT2D eigenvalue weighted by molar-refractivity contribution is 5.85. The Balaban J connectivity index is 0.00000385. The van der Waals surface area contributed by atoms with Crippen LogP contribution in [0.5, 0.6) is 11.5 Å². The fourth-order valence-electron chi connectivity index (χ4n) is 4.15. The van der Waals surface area contributed by atoms with Crippen molar-refractivity contribution in [3.63, 3.8) is 0 Å². The quantitative estimate of drug-likeness (QED) is 0.447. The molecule has 1 aliphatic carbocycles. The molecule has 0 bridgehead atoms. The summed E-state index contributed by atoms with van der Waals surface area (Å²) in [7, 11) is 0. The van der Waals surface area contributed by atoms with Gasteiger partial charge < -0.3 is 25.6 Å². The molecule has 0 radical (unpaired) electrons. The van der Waals surface area contributed by atoms with E-state index in [4.69, 9.17) is 15.2 Å². The molecule has 3 unspecified atom stereocenters. The average molecular weight is 477 g/mol. The van der Waals surface area contributed by atoms with Crippen LogP contribution in [0.1, 0.15) is 56.7 Å². The topological polar surface area (TPSA) is 93.8 Å². The molecule has 1 aliphatic rings. The van der Waals surface area contributed by atoms with E-state index in [0.717, 1.165) is 37.0 Å². The first kappa shape index (κ1) is 27.0. The van der Waals surface area contributed by atoms with Gasteiger partial charge >= 0.3 is 0 Å². The van der Waals surface area contributed by atoms with Crippen LogP contribution in [0.4, 0.5) is 0 Å². The number of ether oxygens (including phenoxy) is 2. The zero-order valence-corrected chi connectivity index (χ0v) is 20.4. The van der Waals surface area contributed by atoms with Crippen molar-refractivity contribution in [1.82, 2.24) is 5.32 Å². The van der Waals surface area contributed by atoms with Gasteiger partial charge in [-0.05, 0) is 80.3 Å².